The SMILES string of the molecule is C=CCOc1ccc(C[C@H](NC(=O)[C@H](/C=C/CCCCCCC(=O)CCCCCCC)[C@@](O)(CC(=O)O)C(=O)O)C(=O)O)cc1. The van der Waals surface area contributed by atoms with Gasteiger partial charge in [-0.3, -0.25) is 14.4 Å². The highest BCUT2D eigenvalue weighted by atomic mass is 16.5. The Labute approximate surface area is 265 Å². The molecule has 0 aliphatic heterocycles. The molecule has 11 nitrogen and oxygen atoms in total. The predicted octanol–water partition coefficient (Wildman–Crippen LogP) is 5.10. The van der Waals surface area contributed by atoms with Gasteiger partial charge in [0.15, 0.2) is 5.60 Å². The van der Waals surface area contributed by atoms with Gasteiger partial charge in [0, 0.05) is 19.3 Å². The molecule has 0 fully saturated rings. The first-order valence-electron chi connectivity index (χ1n) is 15.7. The second kappa shape index (κ2) is 21.7. The highest BCUT2D eigenvalue weighted by Crippen LogP contribution is 2.26. The van der Waals surface area contributed by atoms with Crippen molar-refractivity contribution in [2.24, 2.45) is 5.92 Å². The van der Waals surface area contributed by atoms with Gasteiger partial charge in [-0.15, -0.1) is 0 Å². The molecule has 1 aromatic rings. The van der Waals surface area contributed by atoms with Crippen LogP contribution in [0.5, 0.6) is 5.75 Å². The molecule has 1 rings (SSSR count). The number of unbranched alkanes of at least 4 members (excludes halogenated alkanes) is 8. The monoisotopic (exact) mass is 631 g/mol. The Bertz CT molecular complexity index is 1130. The van der Waals surface area contributed by atoms with E-state index in [0.29, 0.717) is 37.0 Å². The molecule has 1 amide bonds. The van der Waals surface area contributed by atoms with Crippen molar-refractivity contribution in [2.75, 3.05) is 6.61 Å². The molecule has 250 valence electrons. The lowest BCUT2D eigenvalue weighted by molar-refractivity contribution is -0.172. The highest BCUT2D eigenvalue weighted by molar-refractivity contribution is 5.94. The minimum Gasteiger partial charge on any atom is -0.490 e. The zero-order valence-corrected chi connectivity index (χ0v) is 26.2. The molecule has 0 unspecified atom stereocenters. The third-order valence-electron chi connectivity index (χ3n) is 7.40. The number of ether oxygens (including phenoxy) is 1. The fraction of sp³-hybridized carbons (Fsp3) is 0.559. The van der Waals surface area contributed by atoms with Crippen LogP contribution in [0.2, 0.25) is 0 Å². The quantitative estimate of drug-likeness (QED) is 0.0680. The van der Waals surface area contributed by atoms with E-state index in [0.717, 1.165) is 51.0 Å². The number of rotatable bonds is 26. The van der Waals surface area contributed by atoms with E-state index in [4.69, 9.17) is 4.74 Å². The molecule has 0 heterocycles. The molecule has 1 aromatic carbocycles. The lowest BCUT2D eigenvalue weighted by atomic mass is 9.82. The van der Waals surface area contributed by atoms with Crippen LogP contribution in [0.1, 0.15) is 96.0 Å². The van der Waals surface area contributed by atoms with E-state index in [2.05, 4.69) is 18.8 Å². The minimum absolute atomic E-state index is 0.162. The molecule has 0 spiro atoms. The zero-order valence-electron chi connectivity index (χ0n) is 26.2. The molecule has 3 atom stereocenters. The molecular weight excluding hydrogens is 582 g/mol. The smallest absolute Gasteiger partial charge is 0.337 e. The summed E-state index contributed by atoms with van der Waals surface area (Å²) in [6.45, 7) is 5.99. The van der Waals surface area contributed by atoms with Crippen LogP contribution in [-0.2, 0) is 30.4 Å². The van der Waals surface area contributed by atoms with Gasteiger partial charge in [0.05, 0.1) is 12.3 Å². The third kappa shape index (κ3) is 15.5. The maximum absolute atomic E-state index is 13.2. The standard InChI is InChI=1S/C34H49NO10/c1-3-5-6-9-12-15-26(36)16-13-10-7-8-11-14-17-28(34(44,33(42)43)24-30(37)38)31(39)35-29(32(40)41)23-25-18-20-27(21-19-25)45-22-4-2/h4,14,17-21,28-29,44H,2-3,5-13,15-16,22-24H2,1H3,(H,35,39)(H,37,38)(H,40,41)(H,42,43)/b17-14+/t28-,29-,34-/m0/s1. The van der Waals surface area contributed by atoms with Gasteiger partial charge in [-0.25, -0.2) is 9.59 Å². The van der Waals surface area contributed by atoms with Crippen molar-refractivity contribution in [3.05, 3.63) is 54.6 Å². The number of nitrogens with one attached hydrogen (secondary N) is 1. The fourth-order valence-electron chi connectivity index (χ4n) is 4.81. The summed E-state index contributed by atoms with van der Waals surface area (Å²) in [5, 5.41) is 41.9. The van der Waals surface area contributed by atoms with E-state index < -0.39 is 47.8 Å². The fourth-order valence-corrected chi connectivity index (χ4v) is 4.81. The molecule has 0 aliphatic rings. The number of carboxylic acid groups (broad SMARTS) is 3. The first-order valence-corrected chi connectivity index (χ1v) is 15.7. The molecule has 0 saturated heterocycles. The number of aliphatic carboxylic acids is 3. The maximum Gasteiger partial charge on any atom is 0.337 e. The van der Waals surface area contributed by atoms with Gasteiger partial charge in [0.25, 0.3) is 0 Å². The van der Waals surface area contributed by atoms with Crippen molar-refractivity contribution in [1.29, 1.82) is 0 Å². The number of hydrogen-bond acceptors (Lipinski definition) is 7. The highest BCUT2D eigenvalue weighted by Gasteiger charge is 2.49. The second-order valence-corrected chi connectivity index (χ2v) is 11.2. The number of Topliss-reactive ketones (excluding diaryl/α,β-unsaturated/α-hetero) is 1. The Balaban J connectivity index is 2.82. The number of carboxylic acids is 3. The summed E-state index contributed by atoms with van der Waals surface area (Å²) >= 11 is 0. The topological polar surface area (TPSA) is 188 Å². The van der Waals surface area contributed by atoms with Crippen LogP contribution in [0, 0.1) is 5.92 Å². The number of hydrogen-bond donors (Lipinski definition) is 5. The summed E-state index contributed by atoms with van der Waals surface area (Å²) in [6, 6.07) is 4.97. The van der Waals surface area contributed by atoms with E-state index in [1.807, 2.05) is 0 Å². The maximum atomic E-state index is 13.2. The molecule has 0 aliphatic carbocycles. The van der Waals surface area contributed by atoms with Crippen molar-refractivity contribution in [3.63, 3.8) is 0 Å². The molecular formula is C34H49NO10. The first kappa shape index (κ1) is 39.0. The van der Waals surface area contributed by atoms with Gasteiger partial charge in [0.2, 0.25) is 5.91 Å². The third-order valence-corrected chi connectivity index (χ3v) is 7.40. The number of allylic oxidation sites excluding steroid dienone is 1. The van der Waals surface area contributed by atoms with Crippen LogP contribution in [0.4, 0.5) is 0 Å². The summed E-state index contributed by atoms with van der Waals surface area (Å²) in [7, 11) is 0. The van der Waals surface area contributed by atoms with Crippen molar-refractivity contribution in [3.8, 4) is 5.75 Å². The molecule has 11 heteroatoms. The van der Waals surface area contributed by atoms with E-state index in [9.17, 15) is 44.4 Å². The summed E-state index contributed by atoms with van der Waals surface area (Å²) in [4.78, 5) is 60.7. The van der Waals surface area contributed by atoms with Crippen LogP contribution in [0.15, 0.2) is 49.1 Å². The van der Waals surface area contributed by atoms with Crippen molar-refractivity contribution in [2.45, 2.75) is 108 Å². The number of aliphatic hydroxyl groups is 1. The molecule has 0 radical (unpaired) electrons. The van der Waals surface area contributed by atoms with Crippen LogP contribution < -0.4 is 10.1 Å². The number of ketones is 1. The Morgan fingerprint density at radius 2 is 1.51 bits per heavy atom. The van der Waals surface area contributed by atoms with Gasteiger partial charge < -0.3 is 30.5 Å². The van der Waals surface area contributed by atoms with Gasteiger partial charge in [0.1, 0.15) is 24.2 Å². The predicted molar refractivity (Wildman–Crippen MR) is 169 cm³/mol. The molecule has 0 bridgehead atoms. The number of amides is 1. The number of benzene rings is 1. The van der Waals surface area contributed by atoms with Gasteiger partial charge in [-0.1, -0.05) is 82.4 Å². The van der Waals surface area contributed by atoms with E-state index in [-0.39, 0.29) is 18.8 Å². The average molecular weight is 632 g/mol. The van der Waals surface area contributed by atoms with E-state index in [1.54, 1.807) is 30.3 Å². The van der Waals surface area contributed by atoms with Crippen molar-refractivity contribution >= 4 is 29.6 Å². The summed E-state index contributed by atoms with van der Waals surface area (Å²) in [6.07, 6.45) is 12.8. The van der Waals surface area contributed by atoms with Gasteiger partial charge in [-0.05, 0) is 43.4 Å². The second-order valence-electron chi connectivity index (χ2n) is 11.2. The Hall–Kier alpha value is -3.99. The van der Waals surface area contributed by atoms with Crippen LogP contribution in [0.3, 0.4) is 0 Å². The van der Waals surface area contributed by atoms with Crippen LogP contribution >= 0.6 is 0 Å². The lowest BCUT2D eigenvalue weighted by Crippen LogP contribution is -2.55. The van der Waals surface area contributed by atoms with E-state index in [1.165, 1.54) is 12.5 Å². The molecule has 0 saturated carbocycles. The lowest BCUT2D eigenvalue weighted by Gasteiger charge is -2.29. The molecule has 5 N–H and O–H groups in total. The van der Waals surface area contributed by atoms with Gasteiger partial charge >= 0.3 is 17.9 Å². The van der Waals surface area contributed by atoms with Crippen molar-refractivity contribution in [1.82, 2.24) is 5.32 Å². The normalized spacial score (nSPS) is 13.8. The average Bonchev–Trinajstić information content (AvgIpc) is 2.98. The van der Waals surface area contributed by atoms with Crippen LogP contribution in [-0.4, -0.2) is 68.3 Å². The summed E-state index contributed by atoms with van der Waals surface area (Å²) < 4.78 is 5.40. The Morgan fingerprint density at radius 1 is 0.911 bits per heavy atom. The summed E-state index contributed by atoms with van der Waals surface area (Å²) in [5.41, 5.74) is -2.48. The zero-order chi connectivity index (χ0) is 33.7. The largest absolute Gasteiger partial charge is 0.490 e. The summed E-state index contributed by atoms with van der Waals surface area (Å²) in [5.74, 6) is -7.18. The Kier molecular flexibility index (Phi) is 18.8. The Morgan fingerprint density at radius 3 is 2.04 bits per heavy atom. The first-order chi connectivity index (χ1) is 21.4. The minimum atomic E-state index is -3.02. The molecule has 45 heavy (non-hydrogen) atoms. The van der Waals surface area contributed by atoms with Crippen molar-refractivity contribution < 1.29 is 49.1 Å². The number of carbonyl (C=O) groups is 5. The molecule has 0 aromatic heterocycles. The van der Waals surface area contributed by atoms with Gasteiger partial charge in [-0.2, -0.15) is 0 Å². The van der Waals surface area contributed by atoms with Crippen LogP contribution in [0.25, 0.3) is 0 Å². The number of carbonyl (C=O) groups excluding carboxylic acids is 2. The van der Waals surface area contributed by atoms with E-state index >= 15 is 0 Å².